The number of methoxy groups -OCH3 is 2. The van der Waals surface area contributed by atoms with Gasteiger partial charge in [-0.2, -0.15) is 9.34 Å². The van der Waals surface area contributed by atoms with E-state index in [1.54, 1.807) is 14.2 Å². The lowest BCUT2D eigenvalue weighted by Gasteiger charge is -2.36. The molecule has 0 N–H and O–H groups in total. The van der Waals surface area contributed by atoms with Gasteiger partial charge >= 0.3 is 16.3 Å². The summed E-state index contributed by atoms with van der Waals surface area (Å²) in [4.78, 5) is 0. The molecule has 1 aliphatic carbocycles. The molecule has 0 spiro atoms. The van der Waals surface area contributed by atoms with Gasteiger partial charge in [-0.25, -0.2) is 0 Å². The van der Waals surface area contributed by atoms with E-state index in [2.05, 4.69) is 303 Å². The van der Waals surface area contributed by atoms with Gasteiger partial charge in [-0.1, -0.05) is 207 Å². The van der Waals surface area contributed by atoms with E-state index in [4.69, 9.17) is 34.7 Å². The minimum absolute atomic E-state index is 0.106. The van der Waals surface area contributed by atoms with E-state index in [1.807, 2.05) is 0 Å². The SMILES string of the molecule is COc1c(-c2cccc([C@H](C)N(C3CCCCC3)p3oc4ccc5ccccc5c4c4c(cc(-c5cc6op(C(C)(C)C)oc7ccc8ccccc8c7c6c6ccccc56)c5ccccc54)o3)c2OC)cccc1[C@@H](C)N([C@H](C)c1ccccc1)p1oc2ccc(C)c(C)c2c2c(C)c(C)ccc2o1. The van der Waals surface area contributed by atoms with Crippen molar-refractivity contribution in [1.29, 1.82) is 0 Å². The van der Waals surface area contributed by atoms with Crippen LogP contribution in [0.5, 0.6) is 11.5 Å². The van der Waals surface area contributed by atoms with Gasteiger partial charge in [-0.05, 0) is 201 Å². The van der Waals surface area contributed by atoms with Crippen LogP contribution >= 0.6 is 24.3 Å². The van der Waals surface area contributed by atoms with Crippen molar-refractivity contribution in [3.05, 3.63) is 263 Å². The number of para-hydroxylation sites is 2. The second kappa shape index (κ2) is 27.5. The maximum atomic E-state index is 8.01. The summed E-state index contributed by atoms with van der Waals surface area (Å²) < 4.78 is 63.6. The molecule has 5 atom stereocenters. The van der Waals surface area contributed by atoms with Gasteiger partial charge in [0.05, 0.1) is 19.4 Å². The predicted molar refractivity (Wildman–Crippen MR) is 442 cm³/mol. The van der Waals surface area contributed by atoms with E-state index in [9.17, 15) is 0 Å². The number of ether oxygens (including phenoxy) is 2. The first-order valence-corrected chi connectivity index (χ1v) is 40.3. The van der Waals surface area contributed by atoms with Gasteiger partial charge in [0.2, 0.25) is 8.01 Å². The fraction of sp³-hybridized carbons (Fsp3) is 0.239. The minimum atomic E-state index is -1.92. The molecule has 13 heteroatoms. The second-order valence-electron chi connectivity index (χ2n) is 29.6. The van der Waals surface area contributed by atoms with Crippen LogP contribution in [0.15, 0.2) is 250 Å². The molecular weight excluding hydrogens is 1350 g/mol. The molecule has 1 aliphatic rings. The van der Waals surface area contributed by atoms with Crippen molar-refractivity contribution in [2.24, 2.45) is 0 Å². The summed E-state index contributed by atoms with van der Waals surface area (Å²) in [6.07, 6.45) is 5.32. The number of hydrogen-bond donors (Lipinski definition) is 0. The highest BCUT2D eigenvalue weighted by molar-refractivity contribution is 7.39. The quantitative estimate of drug-likeness (QED) is 0.111. The predicted octanol–water partition coefficient (Wildman–Crippen LogP) is 28.9. The zero-order chi connectivity index (χ0) is 72.1. The maximum absolute atomic E-state index is 8.01. The number of fused-ring (bicyclic) bond motifs is 17. The van der Waals surface area contributed by atoms with Crippen molar-refractivity contribution in [2.75, 3.05) is 23.6 Å². The van der Waals surface area contributed by atoms with Gasteiger partial charge in [-0.3, -0.25) is 0 Å². The zero-order valence-corrected chi connectivity index (χ0v) is 64.4. The number of nitrogens with zero attached hydrogens (tertiary/aromatic N) is 2. The Bertz CT molecular complexity index is 6200. The topological polar surface area (TPSA) is 104 Å². The summed E-state index contributed by atoms with van der Waals surface area (Å²) in [7, 11) is -1.61. The summed E-state index contributed by atoms with van der Waals surface area (Å²) in [5.74, 6) is 1.50. The molecule has 0 aliphatic heterocycles. The average molecular weight is 1440 g/mol. The Morgan fingerprint density at radius 2 is 0.781 bits per heavy atom. The van der Waals surface area contributed by atoms with Gasteiger partial charge in [0.15, 0.2) is 0 Å². The van der Waals surface area contributed by atoms with Crippen LogP contribution < -0.4 is 18.8 Å². The van der Waals surface area contributed by atoms with Crippen LogP contribution in [0.3, 0.4) is 0 Å². The van der Waals surface area contributed by atoms with E-state index in [0.29, 0.717) is 0 Å². The molecule has 0 saturated heterocycles. The lowest BCUT2D eigenvalue weighted by Crippen LogP contribution is -2.36. The van der Waals surface area contributed by atoms with E-state index in [1.165, 1.54) is 28.7 Å². The Kier molecular flexibility index (Phi) is 17.9. The third kappa shape index (κ3) is 11.8. The fourth-order valence-electron chi connectivity index (χ4n) is 16.7. The Balaban J connectivity index is 0.866. The molecule has 13 aromatic carbocycles. The van der Waals surface area contributed by atoms with Crippen molar-refractivity contribution >= 4 is 133 Å². The summed E-state index contributed by atoms with van der Waals surface area (Å²) in [6.45, 7) is 22.2. The molecule has 3 aromatic heterocycles. The molecule has 0 bridgehead atoms. The highest BCUT2D eigenvalue weighted by Gasteiger charge is 2.37. The lowest BCUT2D eigenvalue weighted by molar-refractivity contribution is 0.385. The number of aryl methyl sites for hydroxylation is 4. The maximum Gasteiger partial charge on any atom is 0.310 e. The highest BCUT2D eigenvalue weighted by atomic mass is 31.1. The molecule has 2 unspecified atom stereocenters. The van der Waals surface area contributed by atoms with Crippen LogP contribution in [0, 0.1) is 27.7 Å². The van der Waals surface area contributed by atoms with Gasteiger partial charge in [0.1, 0.15) is 45.0 Å². The first-order valence-electron chi connectivity index (χ1n) is 36.9. The molecule has 1 saturated carbocycles. The van der Waals surface area contributed by atoms with Gasteiger partial charge in [0.25, 0.3) is 0 Å². The molecule has 17 rings (SSSR count). The van der Waals surface area contributed by atoms with Gasteiger partial charge in [0, 0.05) is 78.7 Å². The lowest BCUT2D eigenvalue weighted by atomic mass is 9.89. The molecule has 16 aromatic rings. The monoisotopic (exact) mass is 1440 g/mol. The third-order valence-corrected chi connectivity index (χ3v) is 27.7. The summed E-state index contributed by atoms with van der Waals surface area (Å²) in [5, 5.41) is 14.7. The fourth-order valence-corrected chi connectivity index (χ4v) is 21.4. The van der Waals surface area contributed by atoms with E-state index in [-0.39, 0.29) is 29.3 Å². The van der Waals surface area contributed by atoms with Crippen LogP contribution in [-0.2, 0) is 5.16 Å². The Morgan fingerprint density at radius 1 is 0.371 bits per heavy atom. The molecule has 1 fully saturated rings. The third-order valence-electron chi connectivity index (χ3n) is 22.3. The molecule has 0 amide bonds. The van der Waals surface area contributed by atoms with Crippen molar-refractivity contribution in [3.63, 3.8) is 0 Å². The minimum Gasteiger partial charge on any atom is -0.496 e. The molecule has 3 heterocycles. The molecule has 0 radical (unpaired) electrons. The van der Waals surface area contributed by atoms with Crippen LogP contribution in [0.2, 0.25) is 0 Å². The normalized spacial score (nSPS) is 14.5. The summed E-state index contributed by atoms with van der Waals surface area (Å²) >= 11 is 0. The smallest absolute Gasteiger partial charge is 0.310 e. The van der Waals surface area contributed by atoms with E-state index >= 15 is 0 Å². The molecule has 105 heavy (non-hydrogen) atoms. The van der Waals surface area contributed by atoms with Crippen LogP contribution in [0.4, 0.5) is 0 Å². The van der Waals surface area contributed by atoms with E-state index < -0.39 is 24.3 Å². The number of rotatable bonds is 13. The summed E-state index contributed by atoms with van der Waals surface area (Å²) in [6, 6.07) is 80.0. The first-order chi connectivity index (χ1) is 51.1. The van der Waals surface area contributed by atoms with Crippen LogP contribution in [-0.4, -0.2) is 20.3 Å². The van der Waals surface area contributed by atoms with Crippen molar-refractivity contribution < 1.29 is 34.7 Å². The number of hydrogen-bond acceptors (Lipinski definition) is 10. The Morgan fingerprint density at radius 3 is 1.30 bits per heavy atom. The Labute approximate surface area is 615 Å². The highest BCUT2D eigenvalue weighted by Crippen LogP contribution is 2.56. The zero-order valence-electron chi connectivity index (χ0n) is 61.7. The van der Waals surface area contributed by atoms with Crippen LogP contribution in [0.25, 0.3) is 131 Å². The van der Waals surface area contributed by atoms with Crippen molar-refractivity contribution in [2.45, 2.75) is 131 Å². The largest absolute Gasteiger partial charge is 0.496 e. The molecular formula is C92H87N2O8P3. The van der Waals surface area contributed by atoms with Crippen LogP contribution in [0.1, 0.15) is 131 Å². The average Bonchev–Trinajstić information content (AvgIpc) is 1.71. The standard InChI is InChI=1S/C92H87N2O8P3/c1-55-45-49-78-84(57(55)3)85-58(4)56(2)46-50-79(85)100-104(99-78)93(59(5)62-29-15-13-16-30-62)60(6)66-41-27-43-74(90(66)95-11)75-44-28-42-67(91(75)96-12)61(7)94(65-33-17-14-18-34-65)105-101-81-52-48-64-32-20-22-36-69(64)87(81)89-73-40-26-24-38-71(73)77(54-83(89)102-105)76-53-82-88(72-39-25-23-37-70(72)76)86-68-35-21-19-31-63(68)47-51-80(86)97-103(98-82)92(8,9)10/h13,15-16,19-32,35-54,59-61,65H,14,17-18,33-34H2,1-12H3/t59-,60-,61+,103?,105?/m1/s1. The Hall–Kier alpha value is -9.88. The van der Waals surface area contributed by atoms with Crippen molar-refractivity contribution in [1.82, 2.24) is 0 Å². The molecule has 10 nitrogen and oxygen atoms in total. The van der Waals surface area contributed by atoms with E-state index in [0.717, 1.165) is 185 Å². The van der Waals surface area contributed by atoms with Crippen molar-refractivity contribution in [3.8, 4) is 33.8 Å². The first kappa shape index (κ1) is 68.2. The van der Waals surface area contributed by atoms with Gasteiger partial charge in [-0.15, -0.1) is 0 Å². The molecule has 528 valence electrons. The van der Waals surface area contributed by atoms with Gasteiger partial charge < -0.3 is 34.7 Å². The second-order valence-corrected chi connectivity index (χ2v) is 34.4. The summed E-state index contributed by atoms with van der Waals surface area (Å²) in [5.41, 5.74) is 16.6. The number of benzene rings is 13.